The molecule has 1 aromatic carbocycles. The third-order valence-corrected chi connectivity index (χ3v) is 2.21. The molecule has 0 aliphatic carbocycles. The average Bonchev–Trinajstić information content (AvgIpc) is 2.09. The minimum atomic E-state index is 0.937. The molecule has 1 radical (unpaired) electrons. The monoisotopic (exact) mass is 302 g/mol. The molecule has 75 valence electrons. The number of halogens is 1. The first-order valence-electron chi connectivity index (χ1n) is 4.48. The summed E-state index contributed by atoms with van der Waals surface area (Å²) in [6.45, 7) is 3.02. The Bertz CT molecular complexity index is 304. The lowest BCUT2D eigenvalue weighted by atomic mass is 9.83. The number of aryl methyl sites for hydroxylation is 1. The highest BCUT2D eigenvalue weighted by Gasteiger charge is 2.05. The van der Waals surface area contributed by atoms with Gasteiger partial charge in [0.15, 0.2) is 0 Å². The summed E-state index contributed by atoms with van der Waals surface area (Å²) >= 11 is 1.88. The predicted molar refractivity (Wildman–Crippen MR) is 69.1 cm³/mol. The molecule has 0 saturated carbocycles. The summed E-state index contributed by atoms with van der Waals surface area (Å²) in [5.74, 6) is 0. The Kier molecular flexibility index (Phi) is 4.91. The Morgan fingerprint density at radius 1 is 1.43 bits per heavy atom. The van der Waals surface area contributed by atoms with Crippen molar-refractivity contribution in [3.05, 3.63) is 29.3 Å². The molecule has 2 nitrogen and oxygen atoms in total. The van der Waals surface area contributed by atoms with Crippen LogP contribution in [0.3, 0.4) is 0 Å². The first kappa shape index (κ1) is 12.0. The van der Waals surface area contributed by atoms with Gasteiger partial charge in [0.2, 0.25) is 0 Å². The number of rotatable bonds is 4. The maximum Gasteiger partial charge on any atom is 0.347 e. The molecule has 0 spiro atoms. The second-order valence-electron chi connectivity index (χ2n) is 3.65. The zero-order valence-corrected chi connectivity index (χ0v) is 10.9. The van der Waals surface area contributed by atoms with Crippen LogP contribution in [0.1, 0.15) is 11.1 Å². The molecule has 0 N–H and O–H groups in total. The molecule has 0 bridgehead atoms. The Labute approximate surface area is 101 Å². The van der Waals surface area contributed by atoms with E-state index in [1.165, 1.54) is 11.1 Å². The Morgan fingerprint density at radius 2 is 2.14 bits per heavy atom. The van der Waals surface area contributed by atoms with Crippen molar-refractivity contribution >= 4 is 36.0 Å². The van der Waals surface area contributed by atoms with Crippen LogP contribution in [0.25, 0.3) is 0 Å². The first-order valence-corrected chi connectivity index (χ1v) is 5.36. The third kappa shape index (κ3) is 3.59. The van der Waals surface area contributed by atoms with Gasteiger partial charge in [-0.05, 0) is 32.0 Å². The molecule has 0 atom stereocenters. The molecule has 0 aliphatic heterocycles. The van der Waals surface area contributed by atoms with Crippen molar-refractivity contribution in [1.82, 2.24) is 4.90 Å². The Hall–Kier alpha value is -0.0651. The van der Waals surface area contributed by atoms with Crippen LogP contribution in [0.4, 0.5) is 0 Å². The topological polar surface area (TPSA) is 12.5 Å². The van der Waals surface area contributed by atoms with Crippen molar-refractivity contribution in [2.24, 2.45) is 0 Å². The van der Waals surface area contributed by atoms with Crippen molar-refractivity contribution in [3.8, 4) is 0 Å². The second-order valence-corrected chi connectivity index (χ2v) is 4.16. The average molecular weight is 302 g/mol. The van der Waals surface area contributed by atoms with E-state index in [0.29, 0.717) is 0 Å². The SMILES string of the molecule is Cc1ccc(CN(C)C)c([B]OI)c1. The molecule has 1 rings (SSSR count). The van der Waals surface area contributed by atoms with Gasteiger partial charge in [-0.15, -0.1) is 0 Å². The molecule has 0 unspecified atom stereocenters. The van der Waals surface area contributed by atoms with Crippen LogP contribution in [0.5, 0.6) is 0 Å². The van der Waals surface area contributed by atoms with E-state index in [-0.39, 0.29) is 0 Å². The van der Waals surface area contributed by atoms with Gasteiger partial charge in [-0.2, -0.15) is 0 Å². The molecule has 1 aromatic rings. The van der Waals surface area contributed by atoms with Crippen LogP contribution in [0.2, 0.25) is 0 Å². The highest BCUT2D eigenvalue weighted by molar-refractivity contribution is 14.1. The van der Waals surface area contributed by atoms with Gasteiger partial charge in [0.05, 0.1) is 23.0 Å². The van der Waals surface area contributed by atoms with E-state index in [2.05, 4.69) is 44.1 Å². The van der Waals surface area contributed by atoms with Crippen molar-refractivity contribution < 1.29 is 2.98 Å². The largest absolute Gasteiger partial charge is 0.377 e. The molecule has 0 aromatic heterocycles. The van der Waals surface area contributed by atoms with Gasteiger partial charge in [-0.1, -0.05) is 23.8 Å². The van der Waals surface area contributed by atoms with Crippen molar-refractivity contribution in [2.45, 2.75) is 13.5 Å². The van der Waals surface area contributed by atoms with Crippen LogP contribution in [-0.4, -0.2) is 26.5 Å². The van der Waals surface area contributed by atoms with E-state index < -0.39 is 0 Å². The predicted octanol–water partition coefficient (Wildman–Crippen LogP) is 1.67. The van der Waals surface area contributed by atoms with Gasteiger partial charge < -0.3 is 7.88 Å². The standard InChI is InChI=1S/C10H14BINO/c1-8-4-5-9(7-13(2)3)10(6-8)11-14-12/h4-6H,7H2,1-3H3. The molecule has 0 saturated heterocycles. The Morgan fingerprint density at radius 3 is 2.71 bits per heavy atom. The van der Waals surface area contributed by atoms with Gasteiger partial charge in [-0.3, -0.25) is 0 Å². The van der Waals surface area contributed by atoms with Crippen LogP contribution in [-0.2, 0) is 9.53 Å². The van der Waals surface area contributed by atoms with E-state index in [9.17, 15) is 0 Å². The number of benzene rings is 1. The zero-order valence-electron chi connectivity index (χ0n) is 8.75. The lowest BCUT2D eigenvalue weighted by Gasteiger charge is -2.13. The molecule has 4 heteroatoms. The van der Waals surface area contributed by atoms with Crippen molar-refractivity contribution in [2.75, 3.05) is 14.1 Å². The van der Waals surface area contributed by atoms with E-state index in [4.69, 9.17) is 2.98 Å². The summed E-state index contributed by atoms with van der Waals surface area (Å²) in [6.07, 6.45) is 0. The summed E-state index contributed by atoms with van der Waals surface area (Å²) < 4.78 is 5.03. The second kappa shape index (κ2) is 5.73. The summed E-state index contributed by atoms with van der Waals surface area (Å²) in [6, 6.07) is 6.41. The van der Waals surface area contributed by atoms with Crippen LogP contribution < -0.4 is 5.46 Å². The lowest BCUT2D eigenvalue weighted by Crippen LogP contribution is -2.24. The fourth-order valence-corrected chi connectivity index (χ4v) is 1.63. The van der Waals surface area contributed by atoms with Crippen molar-refractivity contribution in [1.29, 1.82) is 0 Å². The molecule has 0 heterocycles. The first-order chi connectivity index (χ1) is 6.63. The maximum absolute atomic E-state index is 5.03. The van der Waals surface area contributed by atoms with Gasteiger partial charge in [0, 0.05) is 6.54 Å². The minimum Gasteiger partial charge on any atom is -0.377 e. The third-order valence-electron chi connectivity index (χ3n) is 1.96. The number of hydrogen-bond acceptors (Lipinski definition) is 2. The fraction of sp³-hybridized carbons (Fsp3) is 0.400. The van der Waals surface area contributed by atoms with Crippen LogP contribution in [0, 0.1) is 6.92 Å². The fourth-order valence-electron chi connectivity index (χ4n) is 1.36. The van der Waals surface area contributed by atoms with E-state index in [1.54, 1.807) is 7.48 Å². The van der Waals surface area contributed by atoms with E-state index in [0.717, 1.165) is 12.0 Å². The normalized spacial score (nSPS) is 10.6. The Balaban J connectivity index is 2.89. The number of nitrogens with zero attached hydrogens (tertiary/aromatic N) is 1. The molecule has 14 heavy (non-hydrogen) atoms. The molecule has 0 fully saturated rings. The summed E-state index contributed by atoms with van der Waals surface area (Å²) in [4.78, 5) is 2.15. The van der Waals surface area contributed by atoms with Crippen molar-refractivity contribution in [3.63, 3.8) is 0 Å². The lowest BCUT2D eigenvalue weighted by molar-refractivity contribution is 0.403. The molecule has 0 aliphatic rings. The highest BCUT2D eigenvalue weighted by Crippen LogP contribution is 2.03. The van der Waals surface area contributed by atoms with Crippen LogP contribution >= 0.6 is 23.0 Å². The van der Waals surface area contributed by atoms with Gasteiger partial charge in [0.25, 0.3) is 0 Å². The van der Waals surface area contributed by atoms with E-state index >= 15 is 0 Å². The summed E-state index contributed by atoms with van der Waals surface area (Å²) in [5, 5.41) is 0. The van der Waals surface area contributed by atoms with Gasteiger partial charge in [0.1, 0.15) is 0 Å². The minimum absolute atomic E-state index is 0.937. The smallest absolute Gasteiger partial charge is 0.347 e. The quantitative estimate of drug-likeness (QED) is 0.620. The van der Waals surface area contributed by atoms with Gasteiger partial charge in [-0.25, -0.2) is 0 Å². The van der Waals surface area contributed by atoms with Crippen LogP contribution in [0.15, 0.2) is 18.2 Å². The summed E-state index contributed by atoms with van der Waals surface area (Å²) in [5.41, 5.74) is 3.71. The number of hydrogen-bond donors (Lipinski definition) is 0. The molecular formula is C10H14BINO. The summed E-state index contributed by atoms with van der Waals surface area (Å²) in [7, 11) is 5.91. The zero-order chi connectivity index (χ0) is 10.6. The highest BCUT2D eigenvalue weighted by atomic mass is 127. The van der Waals surface area contributed by atoms with E-state index in [1.807, 2.05) is 23.0 Å². The molecule has 0 amide bonds. The molecular weight excluding hydrogens is 288 g/mol. The maximum atomic E-state index is 5.03. The van der Waals surface area contributed by atoms with Gasteiger partial charge >= 0.3 is 7.48 Å².